The molecule has 0 saturated heterocycles. The van der Waals surface area contributed by atoms with Crippen molar-refractivity contribution in [3.63, 3.8) is 0 Å². The molecule has 0 heterocycles. The van der Waals surface area contributed by atoms with Crippen molar-refractivity contribution in [2.45, 2.75) is 38.8 Å². The molecule has 0 spiro atoms. The van der Waals surface area contributed by atoms with Crippen molar-refractivity contribution in [3.8, 4) is 0 Å². The second kappa shape index (κ2) is 4.98. The highest BCUT2D eigenvalue weighted by Crippen LogP contribution is 2.41. The zero-order valence-electron chi connectivity index (χ0n) is 10.1. The average molecular weight is 219 g/mol. The summed E-state index contributed by atoms with van der Waals surface area (Å²) in [6.07, 6.45) is 2.62. The van der Waals surface area contributed by atoms with Crippen LogP contribution in [0.15, 0.2) is 24.3 Å². The fourth-order valence-corrected chi connectivity index (χ4v) is 2.07. The molecule has 0 aromatic heterocycles. The van der Waals surface area contributed by atoms with Gasteiger partial charge in [0.2, 0.25) is 0 Å². The Morgan fingerprint density at radius 1 is 1.31 bits per heavy atom. The highest BCUT2D eigenvalue weighted by molar-refractivity contribution is 5.25. The highest BCUT2D eigenvalue weighted by atomic mass is 16.3. The van der Waals surface area contributed by atoms with Gasteiger partial charge in [-0.25, -0.2) is 0 Å². The topological polar surface area (TPSA) is 32.3 Å². The van der Waals surface area contributed by atoms with Gasteiger partial charge in [-0.05, 0) is 38.2 Å². The van der Waals surface area contributed by atoms with Gasteiger partial charge in [-0.1, -0.05) is 29.8 Å². The average Bonchev–Trinajstić information content (AvgIpc) is 3.11. The Morgan fingerprint density at radius 2 is 1.94 bits per heavy atom. The van der Waals surface area contributed by atoms with Crippen LogP contribution in [0, 0.1) is 12.8 Å². The van der Waals surface area contributed by atoms with Gasteiger partial charge < -0.3 is 10.4 Å². The first-order valence-electron chi connectivity index (χ1n) is 6.14. The SMILES string of the molecule is Cc1ccc(C(N[C@H](C)CO)C2CC2)cc1. The van der Waals surface area contributed by atoms with E-state index in [4.69, 9.17) is 5.11 Å². The fraction of sp³-hybridized carbons (Fsp3) is 0.571. The van der Waals surface area contributed by atoms with Crippen LogP contribution in [0.1, 0.15) is 36.9 Å². The summed E-state index contributed by atoms with van der Waals surface area (Å²) in [6.45, 7) is 4.35. The molecule has 1 unspecified atom stereocenters. The van der Waals surface area contributed by atoms with Crippen LogP contribution in [0.5, 0.6) is 0 Å². The first-order valence-corrected chi connectivity index (χ1v) is 6.14. The minimum Gasteiger partial charge on any atom is -0.395 e. The first-order chi connectivity index (χ1) is 7.70. The standard InChI is InChI=1S/C14H21NO/c1-10-3-5-12(6-4-10)14(13-7-8-13)15-11(2)9-16/h3-6,11,13-16H,7-9H2,1-2H3/t11-,14?/m1/s1. The number of aliphatic hydroxyl groups excluding tert-OH is 1. The molecule has 2 nitrogen and oxygen atoms in total. The Labute approximate surface area is 97.7 Å². The third-order valence-corrected chi connectivity index (χ3v) is 3.27. The van der Waals surface area contributed by atoms with E-state index in [0.29, 0.717) is 6.04 Å². The normalized spacial score (nSPS) is 19.4. The molecule has 1 aromatic rings. The maximum Gasteiger partial charge on any atom is 0.0582 e. The molecular formula is C14H21NO. The molecule has 1 aliphatic rings. The van der Waals surface area contributed by atoms with Crippen molar-refractivity contribution < 1.29 is 5.11 Å². The summed E-state index contributed by atoms with van der Waals surface area (Å²) < 4.78 is 0. The lowest BCUT2D eigenvalue weighted by molar-refractivity contribution is 0.236. The van der Waals surface area contributed by atoms with E-state index in [9.17, 15) is 0 Å². The Bertz CT molecular complexity index is 329. The zero-order valence-corrected chi connectivity index (χ0v) is 10.1. The van der Waals surface area contributed by atoms with Crippen LogP contribution in [0.25, 0.3) is 0 Å². The quantitative estimate of drug-likeness (QED) is 0.797. The molecule has 2 atom stereocenters. The van der Waals surface area contributed by atoms with Crippen molar-refractivity contribution in [2.75, 3.05) is 6.61 Å². The summed E-state index contributed by atoms with van der Waals surface area (Å²) in [6, 6.07) is 9.33. The summed E-state index contributed by atoms with van der Waals surface area (Å²) >= 11 is 0. The maximum absolute atomic E-state index is 9.11. The Hall–Kier alpha value is -0.860. The van der Waals surface area contributed by atoms with Crippen molar-refractivity contribution in [3.05, 3.63) is 35.4 Å². The van der Waals surface area contributed by atoms with E-state index >= 15 is 0 Å². The molecule has 0 radical (unpaired) electrons. The number of hydrogen-bond acceptors (Lipinski definition) is 2. The van der Waals surface area contributed by atoms with Crippen molar-refractivity contribution >= 4 is 0 Å². The molecule has 2 rings (SSSR count). The molecule has 2 heteroatoms. The third-order valence-electron chi connectivity index (χ3n) is 3.27. The molecule has 0 amide bonds. The van der Waals surface area contributed by atoms with Gasteiger partial charge in [0, 0.05) is 12.1 Å². The van der Waals surface area contributed by atoms with E-state index in [1.165, 1.54) is 24.0 Å². The Kier molecular flexibility index (Phi) is 3.62. The van der Waals surface area contributed by atoms with Crippen molar-refractivity contribution in [2.24, 2.45) is 5.92 Å². The molecule has 88 valence electrons. The number of aliphatic hydroxyl groups is 1. The summed E-state index contributed by atoms with van der Waals surface area (Å²) in [5.74, 6) is 0.761. The van der Waals surface area contributed by atoms with Crippen LogP contribution in [0.2, 0.25) is 0 Å². The lowest BCUT2D eigenvalue weighted by Crippen LogP contribution is -2.34. The van der Waals surface area contributed by atoms with Crippen LogP contribution >= 0.6 is 0 Å². The number of aryl methyl sites for hydroxylation is 1. The summed E-state index contributed by atoms with van der Waals surface area (Å²) in [7, 11) is 0. The van der Waals surface area contributed by atoms with Gasteiger partial charge in [-0.2, -0.15) is 0 Å². The molecule has 1 aliphatic carbocycles. The van der Waals surface area contributed by atoms with E-state index in [1.54, 1.807) is 0 Å². The molecule has 1 fully saturated rings. The molecule has 0 aliphatic heterocycles. The number of benzene rings is 1. The Morgan fingerprint density at radius 3 is 2.44 bits per heavy atom. The van der Waals surface area contributed by atoms with E-state index < -0.39 is 0 Å². The van der Waals surface area contributed by atoms with E-state index in [0.717, 1.165) is 5.92 Å². The monoisotopic (exact) mass is 219 g/mol. The minimum absolute atomic E-state index is 0.173. The summed E-state index contributed by atoms with van der Waals surface area (Å²) in [4.78, 5) is 0. The lowest BCUT2D eigenvalue weighted by atomic mass is 10.0. The Balaban J connectivity index is 2.09. The van der Waals surface area contributed by atoms with E-state index in [1.807, 2.05) is 6.92 Å². The molecule has 1 saturated carbocycles. The first kappa shape index (κ1) is 11.6. The van der Waals surface area contributed by atoms with Crippen LogP contribution in [-0.4, -0.2) is 17.8 Å². The van der Waals surface area contributed by atoms with Crippen LogP contribution in [0.3, 0.4) is 0 Å². The second-order valence-electron chi connectivity index (χ2n) is 4.98. The molecule has 0 bridgehead atoms. The van der Waals surface area contributed by atoms with Gasteiger partial charge in [0.25, 0.3) is 0 Å². The largest absolute Gasteiger partial charge is 0.395 e. The van der Waals surface area contributed by atoms with E-state index in [2.05, 4.69) is 36.5 Å². The van der Waals surface area contributed by atoms with Crippen LogP contribution in [-0.2, 0) is 0 Å². The van der Waals surface area contributed by atoms with Gasteiger partial charge >= 0.3 is 0 Å². The highest BCUT2D eigenvalue weighted by Gasteiger charge is 2.32. The second-order valence-corrected chi connectivity index (χ2v) is 4.98. The molecular weight excluding hydrogens is 198 g/mol. The van der Waals surface area contributed by atoms with Crippen molar-refractivity contribution in [1.82, 2.24) is 5.32 Å². The molecule has 16 heavy (non-hydrogen) atoms. The maximum atomic E-state index is 9.11. The fourth-order valence-electron chi connectivity index (χ4n) is 2.07. The minimum atomic E-state index is 0.173. The van der Waals surface area contributed by atoms with Crippen molar-refractivity contribution in [1.29, 1.82) is 0 Å². The lowest BCUT2D eigenvalue weighted by Gasteiger charge is -2.22. The zero-order chi connectivity index (χ0) is 11.5. The van der Waals surface area contributed by atoms with Crippen LogP contribution in [0.4, 0.5) is 0 Å². The number of nitrogens with one attached hydrogen (secondary N) is 1. The van der Waals surface area contributed by atoms with E-state index in [-0.39, 0.29) is 12.6 Å². The molecule has 2 N–H and O–H groups in total. The van der Waals surface area contributed by atoms with Crippen LogP contribution < -0.4 is 5.32 Å². The third kappa shape index (κ3) is 2.83. The smallest absolute Gasteiger partial charge is 0.0582 e. The number of hydrogen-bond donors (Lipinski definition) is 2. The van der Waals surface area contributed by atoms with Gasteiger partial charge in [-0.15, -0.1) is 0 Å². The van der Waals surface area contributed by atoms with Gasteiger partial charge in [0.15, 0.2) is 0 Å². The molecule has 1 aromatic carbocycles. The number of rotatable bonds is 5. The predicted molar refractivity (Wildman–Crippen MR) is 66.3 cm³/mol. The van der Waals surface area contributed by atoms with Gasteiger partial charge in [0.05, 0.1) is 6.61 Å². The predicted octanol–water partition coefficient (Wildman–Crippen LogP) is 2.42. The summed E-state index contributed by atoms with van der Waals surface area (Å²) in [5, 5.41) is 12.6. The summed E-state index contributed by atoms with van der Waals surface area (Å²) in [5.41, 5.74) is 2.65. The van der Waals surface area contributed by atoms with Gasteiger partial charge in [-0.3, -0.25) is 0 Å². The van der Waals surface area contributed by atoms with Gasteiger partial charge in [0.1, 0.15) is 0 Å².